The van der Waals surface area contributed by atoms with E-state index in [1.807, 2.05) is 65.5 Å². The van der Waals surface area contributed by atoms with Crippen LogP contribution < -0.4 is 15.4 Å². The van der Waals surface area contributed by atoms with Crippen molar-refractivity contribution in [1.82, 2.24) is 20.2 Å². The van der Waals surface area contributed by atoms with Crippen LogP contribution in [0.5, 0.6) is 5.75 Å². The fraction of sp³-hybridized carbons (Fsp3) is 0.208. The lowest BCUT2D eigenvalue weighted by Crippen LogP contribution is -2.45. The van der Waals surface area contributed by atoms with Crippen LogP contribution in [0.15, 0.2) is 67.0 Å². The predicted octanol–water partition coefficient (Wildman–Crippen LogP) is 3.57. The Morgan fingerprint density at radius 1 is 1.12 bits per heavy atom. The Balaban J connectivity index is 1.32. The molecule has 0 aliphatic rings. The average Bonchev–Trinajstić information content (AvgIpc) is 3.48. The van der Waals surface area contributed by atoms with Crippen molar-refractivity contribution >= 4 is 33.4 Å². The molecular formula is C24H24N4O3S. The molecule has 0 spiro atoms. The molecule has 0 aliphatic heterocycles. The molecule has 2 aromatic carbocycles. The Morgan fingerprint density at radius 3 is 2.59 bits per heavy atom. The number of benzene rings is 2. The van der Waals surface area contributed by atoms with E-state index in [2.05, 4.69) is 15.6 Å². The van der Waals surface area contributed by atoms with E-state index < -0.39 is 6.04 Å². The van der Waals surface area contributed by atoms with Crippen molar-refractivity contribution in [2.24, 2.45) is 0 Å². The van der Waals surface area contributed by atoms with Gasteiger partial charge in [-0.05, 0) is 61.4 Å². The van der Waals surface area contributed by atoms with Crippen LogP contribution in [-0.4, -0.2) is 41.1 Å². The van der Waals surface area contributed by atoms with Crippen LogP contribution in [0.25, 0.3) is 15.3 Å². The topological polar surface area (TPSA) is 85.2 Å². The minimum Gasteiger partial charge on any atom is -0.497 e. The minimum atomic E-state index is -0.647. The maximum absolute atomic E-state index is 12.7. The van der Waals surface area contributed by atoms with E-state index in [4.69, 9.17) is 4.74 Å². The number of thiazole rings is 1. The van der Waals surface area contributed by atoms with Crippen molar-refractivity contribution in [1.29, 1.82) is 0 Å². The lowest BCUT2D eigenvalue weighted by atomic mass is 10.1. The van der Waals surface area contributed by atoms with Gasteiger partial charge in [-0.25, -0.2) is 4.98 Å². The Kier molecular flexibility index (Phi) is 6.51. The van der Waals surface area contributed by atoms with Gasteiger partial charge in [0.05, 0.1) is 17.3 Å². The number of fused-ring (bicyclic) bond motifs is 1. The zero-order chi connectivity index (χ0) is 22.5. The van der Waals surface area contributed by atoms with Crippen molar-refractivity contribution in [3.8, 4) is 10.9 Å². The maximum Gasteiger partial charge on any atom is 0.251 e. The molecule has 164 valence electrons. The van der Waals surface area contributed by atoms with Crippen LogP contribution in [-0.2, 0) is 11.2 Å². The Bertz CT molecular complexity index is 1220. The lowest BCUT2D eigenvalue weighted by Gasteiger charge is -2.14. The second-order valence-corrected chi connectivity index (χ2v) is 8.36. The van der Waals surface area contributed by atoms with Crippen molar-refractivity contribution < 1.29 is 14.3 Å². The highest BCUT2D eigenvalue weighted by Crippen LogP contribution is 2.26. The second-order valence-electron chi connectivity index (χ2n) is 7.35. The van der Waals surface area contributed by atoms with Crippen molar-refractivity contribution in [3.05, 3.63) is 78.1 Å². The third kappa shape index (κ3) is 4.97. The first kappa shape index (κ1) is 21.6. The normalized spacial score (nSPS) is 11.8. The number of nitrogens with zero attached hydrogens (tertiary/aromatic N) is 2. The number of hydrogen-bond acceptors (Lipinski definition) is 5. The van der Waals surface area contributed by atoms with Gasteiger partial charge in [0.15, 0.2) is 5.13 Å². The highest BCUT2D eigenvalue weighted by atomic mass is 32.1. The van der Waals surface area contributed by atoms with Gasteiger partial charge in [-0.2, -0.15) is 0 Å². The standard InChI is InChI=1S/C24H24N4O3S/c1-16(22(29)25-12-11-17-5-8-19(31-2)9-6-17)26-23(30)18-7-10-20-21(15-18)32-24(27-20)28-13-3-4-14-28/h3-10,13-16H,11-12H2,1-2H3,(H,25,29)(H,26,30). The molecule has 0 bridgehead atoms. The summed E-state index contributed by atoms with van der Waals surface area (Å²) in [5.41, 5.74) is 2.43. The number of amides is 2. The number of aromatic nitrogens is 2. The summed E-state index contributed by atoms with van der Waals surface area (Å²) in [6.45, 7) is 2.16. The van der Waals surface area contributed by atoms with E-state index in [1.54, 1.807) is 20.1 Å². The Morgan fingerprint density at radius 2 is 1.88 bits per heavy atom. The van der Waals surface area contributed by atoms with E-state index >= 15 is 0 Å². The van der Waals surface area contributed by atoms with Gasteiger partial charge in [-0.1, -0.05) is 23.5 Å². The van der Waals surface area contributed by atoms with Gasteiger partial charge in [0, 0.05) is 24.5 Å². The van der Waals surface area contributed by atoms with Crippen LogP contribution in [0.4, 0.5) is 0 Å². The van der Waals surface area contributed by atoms with Gasteiger partial charge in [0.25, 0.3) is 5.91 Å². The quantitative estimate of drug-likeness (QED) is 0.432. The summed E-state index contributed by atoms with van der Waals surface area (Å²) in [5.74, 6) is 0.285. The Hall–Kier alpha value is -3.65. The molecule has 2 N–H and O–H groups in total. The lowest BCUT2D eigenvalue weighted by molar-refractivity contribution is -0.122. The first-order chi connectivity index (χ1) is 15.5. The summed E-state index contributed by atoms with van der Waals surface area (Å²) in [7, 11) is 1.63. The summed E-state index contributed by atoms with van der Waals surface area (Å²) in [4.78, 5) is 29.7. The highest BCUT2D eigenvalue weighted by Gasteiger charge is 2.17. The summed E-state index contributed by atoms with van der Waals surface area (Å²) < 4.78 is 7.99. The largest absolute Gasteiger partial charge is 0.497 e. The van der Waals surface area contributed by atoms with Gasteiger partial charge in [0.1, 0.15) is 11.8 Å². The molecule has 2 amide bonds. The molecule has 1 unspecified atom stereocenters. The molecule has 32 heavy (non-hydrogen) atoms. The minimum absolute atomic E-state index is 0.222. The molecule has 0 radical (unpaired) electrons. The number of methoxy groups -OCH3 is 1. The number of ether oxygens (including phenoxy) is 1. The van der Waals surface area contributed by atoms with E-state index in [1.165, 1.54) is 11.3 Å². The fourth-order valence-electron chi connectivity index (χ4n) is 3.25. The molecule has 2 heterocycles. The number of carbonyl (C=O) groups is 2. The van der Waals surface area contributed by atoms with Crippen LogP contribution in [0.3, 0.4) is 0 Å². The van der Waals surface area contributed by atoms with Gasteiger partial charge < -0.3 is 19.9 Å². The van der Waals surface area contributed by atoms with Crippen LogP contribution >= 0.6 is 11.3 Å². The van der Waals surface area contributed by atoms with Crippen LogP contribution in [0, 0.1) is 0 Å². The number of hydrogen-bond donors (Lipinski definition) is 2. The molecule has 1 atom stereocenters. The summed E-state index contributed by atoms with van der Waals surface area (Å²) in [6.07, 6.45) is 4.56. The Labute approximate surface area is 190 Å². The van der Waals surface area contributed by atoms with Crippen molar-refractivity contribution in [2.75, 3.05) is 13.7 Å². The van der Waals surface area contributed by atoms with Crippen LogP contribution in [0.1, 0.15) is 22.8 Å². The zero-order valence-electron chi connectivity index (χ0n) is 17.9. The van der Waals surface area contributed by atoms with E-state index in [0.717, 1.165) is 26.7 Å². The molecule has 0 saturated heterocycles. The summed E-state index contributed by atoms with van der Waals surface area (Å²) in [5, 5.41) is 6.48. The molecule has 4 rings (SSSR count). The summed E-state index contributed by atoms with van der Waals surface area (Å²) >= 11 is 1.51. The third-order valence-electron chi connectivity index (χ3n) is 5.08. The SMILES string of the molecule is COc1ccc(CCNC(=O)C(C)NC(=O)c2ccc3nc(-n4cccc4)sc3c2)cc1. The smallest absolute Gasteiger partial charge is 0.251 e. The molecule has 7 nitrogen and oxygen atoms in total. The first-order valence-corrected chi connectivity index (χ1v) is 11.1. The van der Waals surface area contributed by atoms with Crippen molar-refractivity contribution in [2.45, 2.75) is 19.4 Å². The summed E-state index contributed by atoms with van der Waals surface area (Å²) in [6, 6.07) is 16.3. The molecule has 0 aliphatic carbocycles. The maximum atomic E-state index is 12.7. The zero-order valence-corrected chi connectivity index (χ0v) is 18.7. The van der Waals surface area contributed by atoms with Gasteiger partial charge in [-0.3, -0.25) is 9.59 Å². The highest BCUT2D eigenvalue weighted by molar-refractivity contribution is 7.20. The van der Waals surface area contributed by atoms with Crippen LogP contribution in [0.2, 0.25) is 0 Å². The third-order valence-corrected chi connectivity index (χ3v) is 6.11. The predicted molar refractivity (Wildman–Crippen MR) is 126 cm³/mol. The van der Waals surface area contributed by atoms with Gasteiger partial charge in [-0.15, -0.1) is 0 Å². The molecular weight excluding hydrogens is 424 g/mol. The molecule has 0 saturated carbocycles. The monoisotopic (exact) mass is 448 g/mol. The van der Waals surface area contributed by atoms with E-state index in [-0.39, 0.29) is 11.8 Å². The van der Waals surface area contributed by atoms with Gasteiger partial charge in [0.2, 0.25) is 5.91 Å². The van der Waals surface area contributed by atoms with Crippen molar-refractivity contribution in [3.63, 3.8) is 0 Å². The molecule has 4 aromatic rings. The fourth-order valence-corrected chi connectivity index (χ4v) is 4.22. The average molecular weight is 449 g/mol. The van der Waals surface area contributed by atoms with E-state index in [9.17, 15) is 9.59 Å². The first-order valence-electron chi connectivity index (χ1n) is 10.3. The van der Waals surface area contributed by atoms with E-state index in [0.29, 0.717) is 18.5 Å². The number of rotatable bonds is 8. The number of carbonyl (C=O) groups excluding carboxylic acids is 2. The molecule has 0 fully saturated rings. The second kappa shape index (κ2) is 9.65. The van der Waals surface area contributed by atoms with Gasteiger partial charge >= 0.3 is 0 Å². The number of nitrogens with one attached hydrogen (secondary N) is 2. The molecule has 2 aromatic heterocycles. The molecule has 8 heteroatoms.